The molecule has 2 aromatic heterocycles. The van der Waals surface area contributed by atoms with Crippen LogP contribution in [0.2, 0.25) is 0 Å². The van der Waals surface area contributed by atoms with Crippen molar-refractivity contribution < 1.29 is 0 Å². The van der Waals surface area contributed by atoms with Crippen molar-refractivity contribution >= 4 is 21.4 Å². The molecule has 0 fully saturated rings. The lowest BCUT2D eigenvalue weighted by molar-refractivity contribution is 1.34. The zero-order valence-corrected chi connectivity index (χ0v) is 11.6. The first-order valence-electron chi connectivity index (χ1n) is 5.36. The molecule has 0 bridgehead atoms. The standard InChI is InChI=1S/C13H17NS2/c1-4-16(2,3)13-9-8-12(15-13)11-7-5-6-10-14-11/h5-10H,4H2,1-3H3. The fourth-order valence-corrected chi connectivity index (χ4v) is 4.37. The monoisotopic (exact) mass is 251 g/mol. The summed E-state index contributed by atoms with van der Waals surface area (Å²) in [5.74, 6) is 1.25. The van der Waals surface area contributed by atoms with Crippen molar-refractivity contribution in [2.45, 2.75) is 11.1 Å². The van der Waals surface area contributed by atoms with Crippen LogP contribution in [0.25, 0.3) is 10.6 Å². The van der Waals surface area contributed by atoms with Crippen molar-refractivity contribution in [2.24, 2.45) is 0 Å². The molecule has 0 atom stereocenters. The molecule has 0 aromatic carbocycles. The topological polar surface area (TPSA) is 12.9 Å². The molecule has 2 aromatic rings. The maximum atomic E-state index is 4.39. The summed E-state index contributed by atoms with van der Waals surface area (Å²) in [4.78, 5) is 5.67. The molecular weight excluding hydrogens is 234 g/mol. The SMILES string of the molecule is CCS(C)(C)c1ccc(-c2ccccn2)s1. The summed E-state index contributed by atoms with van der Waals surface area (Å²) in [5.41, 5.74) is 1.09. The molecule has 1 nitrogen and oxygen atoms in total. The molecule has 3 heteroatoms. The lowest BCUT2D eigenvalue weighted by Crippen LogP contribution is -1.95. The van der Waals surface area contributed by atoms with Crippen LogP contribution >= 0.6 is 21.4 Å². The van der Waals surface area contributed by atoms with Gasteiger partial charge in [0.15, 0.2) is 0 Å². The van der Waals surface area contributed by atoms with Gasteiger partial charge in [-0.25, -0.2) is 10.0 Å². The molecule has 0 unspecified atom stereocenters. The van der Waals surface area contributed by atoms with E-state index in [0.29, 0.717) is 0 Å². The van der Waals surface area contributed by atoms with Crippen molar-refractivity contribution in [2.75, 3.05) is 18.3 Å². The lowest BCUT2D eigenvalue weighted by Gasteiger charge is -2.27. The van der Waals surface area contributed by atoms with Gasteiger partial charge in [-0.3, -0.25) is 4.98 Å². The molecular formula is C13H17NS2. The first-order valence-corrected chi connectivity index (χ1v) is 8.79. The van der Waals surface area contributed by atoms with Crippen LogP contribution in [0.3, 0.4) is 0 Å². The number of nitrogens with zero attached hydrogens (tertiary/aromatic N) is 1. The highest BCUT2D eigenvalue weighted by molar-refractivity contribution is 8.33. The van der Waals surface area contributed by atoms with Crippen LogP contribution in [0.15, 0.2) is 40.7 Å². The van der Waals surface area contributed by atoms with E-state index < -0.39 is 10.0 Å². The molecule has 2 heterocycles. The Morgan fingerprint density at radius 1 is 1.19 bits per heavy atom. The smallest absolute Gasteiger partial charge is 0.0802 e. The van der Waals surface area contributed by atoms with E-state index in [9.17, 15) is 0 Å². The van der Waals surface area contributed by atoms with Crippen LogP contribution in [-0.4, -0.2) is 23.2 Å². The zero-order chi connectivity index (χ0) is 11.6. The number of pyridine rings is 1. The number of rotatable bonds is 3. The highest BCUT2D eigenvalue weighted by Crippen LogP contribution is 2.52. The van der Waals surface area contributed by atoms with Crippen LogP contribution in [0.1, 0.15) is 6.92 Å². The number of thiophene rings is 1. The van der Waals surface area contributed by atoms with E-state index in [2.05, 4.69) is 42.6 Å². The fourth-order valence-electron chi connectivity index (χ4n) is 1.41. The maximum absolute atomic E-state index is 4.39. The Hall–Kier alpha value is -0.800. The van der Waals surface area contributed by atoms with Crippen LogP contribution in [0, 0.1) is 0 Å². The van der Waals surface area contributed by atoms with E-state index in [-0.39, 0.29) is 0 Å². The molecule has 16 heavy (non-hydrogen) atoms. The first kappa shape index (κ1) is 11.7. The number of aromatic nitrogens is 1. The highest BCUT2D eigenvalue weighted by Gasteiger charge is 2.15. The van der Waals surface area contributed by atoms with Crippen LogP contribution in [-0.2, 0) is 0 Å². The molecule has 0 radical (unpaired) electrons. The van der Waals surface area contributed by atoms with Crippen LogP contribution in [0.4, 0.5) is 0 Å². The van der Waals surface area contributed by atoms with Gasteiger partial charge in [0.1, 0.15) is 0 Å². The molecule has 2 rings (SSSR count). The van der Waals surface area contributed by atoms with E-state index in [1.807, 2.05) is 29.7 Å². The van der Waals surface area contributed by atoms with Crippen molar-refractivity contribution in [1.82, 2.24) is 4.98 Å². The molecule has 0 amide bonds. The van der Waals surface area contributed by atoms with Crippen molar-refractivity contribution in [3.8, 4) is 10.6 Å². The molecule has 86 valence electrons. The Kier molecular flexibility index (Phi) is 3.36. The third kappa shape index (κ3) is 2.30. The first-order chi connectivity index (χ1) is 7.63. The van der Waals surface area contributed by atoms with Gasteiger partial charge in [-0.1, -0.05) is 13.0 Å². The molecule has 0 spiro atoms. The Bertz CT molecular complexity index is 460. The molecule has 0 N–H and O–H groups in total. The van der Waals surface area contributed by atoms with Gasteiger partial charge in [0, 0.05) is 10.4 Å². The van der Waals surface area contributed by atoms with Gasteiger partial charge in [0.25, 0.3) is 0 Å². The average Bonchev–Trinajstić information content (AvgIpc) is 2.80. The Morgan fingerprint density at radius 2 is 2.00 bits per heavy atom. The summed E-state index contributed by atoms with van der Waals surface area (Å²) in [5, 5.41) is 0. The van der Waals surface area contributed by atoms with Crippen LogP contribution < -0.4 is 0 Å². The highest BCUT2D eigenvalue weighted by atomic mass is 32.3. The third-order valence-corrected chi connectivity index (χ3v) is 7.94. The van der Waals surface area contributed by atoms with E-state index in [4.69, 9.17) is 0 Å². The van der Waals surface area contributed by atoms with Gasteiger partial charge < -0.3 is 0 Å². The predicted molar refractivity (Wildman–Crippen MR) is 75.8 cm³/mol. The zero-order valence-electron chi connectivity index (χ0n) is 9.93. The predicted octanol–water partition coefficient (Wildman–Crippen LogP) is 4.25. The quantitative estimate of drug-likeness (QED) is 0.794. The minimum Gasteiger partial charge on any atom is -0.255 e. The molecule has 0 aliphatic carbocycles. The normalized spacial score (nSPS) is 12.7. The van der Waals surface area contributed by atoms with Gasteiger partial charge in [-0.05, 0) is 42.5 Å². The number of hydrogen-bond acceptors (Lipinski definition) is 2. The summed E-state index contributed by atoms with van der Waals surface area (Å²) in [6, 6.07) is 10.5. The summed E-state index contributed by atoms with van der Waals surface area (Å²) < 4.78 is 1.52. The van der Waals surface area contributed by atoms with Crippen molar-refractivity contribution in [3.63, 3.8) is 0 Å². The summed E-state index contributed by atoms with van der Waals surface area (Å²) in [6.07, 6.45) is 6.61. The van der Waals surface area contributed by atoms with Gasteiger partial charge in [-0.2, -0.15) is 0 Å². The van der Waals surface area contributed by atoms with E-state index in [0.717, 1.165) is 5.69 Å². The summed E-state index contributed by atoms with van der Waals surface area (Å²) >= 11 is 1.89. The summed E-state index contributed by atoms with van der Waals surface area (Å²) in [6.45, 7) is 2.27. The second kappa shape index (κ2) is 4.60. The largest absolute Gasteiger partial charge is 0.255 e. The van der Waals surface area contributed by atoms with E-state index in [1.54, 1.807) is 0 Å². The maximum Gasteiger partial charge on any atom is 0.0802 e. The Balaban J connectivity index is 2.34. The molecule has 0 aliphatic rings. The molecule has 0 saturated heterocycles. The van der Waals surface area contributed by atoms with Gasteiger partial charge in [0.05, 0.1) is 10.6 Å². The van der Waals surface area contributed by atoms with E-state index >= 15 is 0 Å². The fraction of sp³-hybridized carbons (Fsp3) is 0.308. The minimum atomic E-state index is -0.595. The average molecular weight is 251 g/mol. The Labute approximate surface area is 103 Å². The van der Waals surface area contributed by atoms with Gasteiger partial charge >= 0.3 is 0 Å². The van der Waals surface area contributed by atoms with Gasteiger partial charge in [0.2, 0.25) is 0 Å². The summed E-state index contributed by atoms with van der Waals surface area (Å²) in [7, 11) is -0.595. The third-order valence-electron chi connectivity index (χ3n) is 2.76. The van der Waals surface area contributed by atoms with Gasteiger partial charge in [-0.15, -0.1) is 11.3 Å². The lowest BCUT2D eigenvalue weighted by atomic mass is 10.3. The second-order valence-corrected chi connectivity index (χ2v) is 9.60. The number of hydrogen-bond donors (Lipinski definition) is 0. The minimum absolute atomic E-state index is 0.595. The second-order valence-electron chi connectivity index (χ2n) is 4.16. The van der Waals surface area contributed by atoms with Crippen LogP contribution in [0.5, 0.6) is 0 Å². The van der Waals surface area contributed by atoms with E-state index in [1.165, 1.54) is 14.8 Å². The van der Waals surface area contributed by atoms with Crippen molar-refractivity contribution in [3.05, 3.63) is 36.5 Å². The Morgan fingerprint density at radius 3 is 2.62 bits per heavy atom. The molecule has 0 saturated carbocycles. The molecule has 0 aliphatic heterocycles. The van der Waals surface area contributed by atoms with Crippen molar-refractivity contribution in [1.29, 1.82) is 0 Å².